The first kappa shape index (κ1) is 49.0. The zero-order chi connectivity index (χ0) is 37.2. The molecule has 0 radical (unpaired) electrons. The van der Waals surface area contributed by atoms with Crippen LogP contribution >= 0.6 is 7.82 Å². The minimum Gasteiger partial charge on any atom is -0.756 e. The Morgan fingerprint density at radius 2 is 0.900 bits per heavy atom. The van der Waals surface area contributed by atoms with Crippen LogP contribution in [0.15, 0.2) is 0 Å². The average Bonchev–Trinajstić information content (AvgIpc) is 3.06. The van der Waals surface area contributed by atoms with Crippen molar-refractivity contribution in [2.24, 2.45) is 0 Å². The highest BCUT2D eigenvalue weighted by Gasteiger charge is 2.21. The highest BCUT2D eigenvalue weighted by molar-refractivity contribution is 7.45. The number of quaternary nitrogens is 1. The molecule has 2 atom stereocenters. The van der Waals surface area contributed by atoms with Gasteiger partial charge in [0.1, 0.15) is 19.8 Å². The van der Waals surface area contributed by atoms with Crippen molar-refractivity contribution in [2.45, 2.75) is 200 Å². The van der Waals surface area contributed by atoms with Gasteiger partial charge < -0.3 is 27.9 Å². The van der Waals surface area contributed by atoms with Crippen LogP contribution in [0.3, 0.4) is 0 Å². The molecule has 0 aromatic heterocycles. The van der Waals surface area contributed by atoms with Crippen molar-refractivity contribution >= 4 is 19.8 Å². The van der Waals surface area contributed by atoms with Gasteiger partial charge in [0.15, 0.2) is 6.10 Å². The number of hydrogen-bond donors (Lipinski definition) is 0. The summed E-state index contributed by atoms with van der Waals surface area (Å²) in [5.74, 6) is -0.834. The molecule has 0 saturated carbocycles. The summed E-state index contributed by atoms with van der Waals surface area (Å²) in [5.41, 5.74) is 0. The average molecular weight is 734 g/mol. The van der Waals surface area contributed by atoms with Gasteiger partial charge in [-0.25, -0.2) is 0 Å². The summed E-state index contributed by atoms with van der Waals surface area (Å²) >= 11 is 0. The molecule has 10 heteroatoms. The molecule has 0 spiro atoms. The van der Waals surface area contributed by atoms with E-state index >= 15 is 0 Å². The van der Waals surface area contributed by atoms with Gasteiger partial charge in [-0.3, -0.25) is 14.2 Å². The molecule has 0 fully saturated rings. The molecule has 0 bridgehead atoms. The Morgan fingerprint density at radius 3 is 1.28 bits per heavy atom. The molecule has 1 unspecified atom stereocenters. The lowest BCUT2D eigenvalue weighted by Gasteiger charge is -2.28. The fraction of sp³-hybridized carbons (Fsp3) is 0.950. The molecule has 9 nitrogen and oxygen atoms in total. The second-order valence-corrected chi connectivity index (χ2v) is 16.8. The van der Waals surface area contributed by atoms with Gasteiger partial charge in [-0.1, -0.05) is 168 Å². The first-order valence-electron chi connectivity index (χ1n) is 20.7. The number of unbranched alkanes of at least 4 members (excludes halogenated alkanes) is 24. The minimum atomic E-state index is -4.60. The van der Waals surface area contributed by atoms with Crippen LogP contribution < -0.4 is 4.89 Å². The van der Waals surface area contributed by atoms with E-state index in [2.05, 4.69) is 13.8 Å². The number of esters is 2. The number of carbonyl (C=O) groups excluding carboxylic acids is 2. The minimum absolute atomic E-state index is 0.0264. The van der Waals surface area contributed by atoms with Gasteiger partial charge in [0.25, 0.3) is 7.82 Å². The lowest BCUT2D eigenvalue weighted by Crippen LogP contribution is -2.37. The third-order valence-electron chi connectivity index (χ3n) is 9.13. The van der Waals surface area contributed by atoms with Crippen LogP contribution in [-0.2, 0) is 32.7 Å². The molecule has 0 aliphatic rings. The van der Waals surface area contributed by atoms with Gasteiger partial charge in [-0.05, 0) is 12.8 Å². The lowest BCUT2D eigenvalue weighted by molar-refractivity contribution is -0.870. The van der Waals surface area contributed by atoms with Crippen molar-refractivity contribution in [3.05, 3.63) is 0 Å². The smallest absolute Gasteiger partial charge is 0.306 e. The molecule has 0 heterocycles. The van der Waals surface area contributed by atoms with E-state index in [0.717, 1.165) is 38.5 Å². The molecule has 0 aliphatic heterocycles. The number of carbonyl (C=O) groups is 2. The van der Waals surface area contributed by atoms with Crippen LogP contribution in [0.2, 0.25) is 0 Å². The summed E-state index contributed by atoms with van der Waals surface area (Å²) in [6.45, 7) is 4.18. The number of nitrogens with zero attached hydrogens (tertiary/aromatic N) is 1. The predicted molar refractivity (Wildman–Crippen MR) is 204 cm³/mol. The van der Waals surface area contributed by atoms with Crippen molar-refractivity contribution < 1.29 is 42.1 Å². The molecule has 0 amide bonds. The van der Waals surface area contributed by atoms with Crippen LogP contribution in [0.4, 0.5) is 0 Å². The summed E-state index contributed by atoms with van der Waals surface area (Å²) in [4.78, 5) is 37.2. The van der Waals surface area contributed by atoms with Crippen molar-refractivity contribution in [1.29, 1.82) is 0 Å². The number of hydrogen-bond acceptors (Lipinski definition) is 8. The van der Waals surface area contributed by atoms with Crippen molar-refractivity contribution in [1.82, 2.24) is 0 Å². The number of rotatable bonds is 38. The van der Waals surface area contributed by atoms with Crippen LogP contribution in [0.1, 0.15) is 194 Å². The standard InChI is InChI=1S/C40H80NO8P/c1-6-8-10-12-14-15-16-17-18-19-20-21-22-23-24-25-26-27-29-31-33-40(43)49-38(36-46-39(42)32-30-28-13-11-9-7-2)37-48-50(44,45)47-35-34-41(3,4)5/h38H,6-37H2,1-5H3/t38-/m1/s1. The monoisotopic (exact) mass is 734 g/mol. The van der Waals surface area contributed by atoms with Gasteiger partial charge in [0, 0.05) is 12.8 Å². The van der Waals surface area contributed by atoms with E-state index in [9.17, 15) is 19.0 Å². The molecule has 0 N–H and O–H groups in total. The van der Waals surface area contributed by atoms with Crippen molar-refractivity contribution in [3.63, 3.8) is 0 Å². The Kier molecular flexibility index (Phi) is 33.2. The topological polar surface area (TPSA) is 111 Å². The molecule has 0 aromatic rings. The zero-order valence-electron chi connectivity index (χ0n) is 33.4. The number of likely N-dealkylation sites (N-methyl/N-ethyl adjacent to an activating group) is 1. The van der Waals surface area contributed by atoms with E-state index in [4.69, 9.17) is 18.5 Å². The summed E-state index contributed by atoms with van der Waals surface area (Å²) in [6.07, 6.45) is 31.6. The van der Waals surface area contributed by atoms with Crippen LogP contribution in [0.5, 0.6) is 0 Å². The maximum atomic E-state index is 12.6. The fourth-order valence-corrected chi connectivity index (χ4v) is 6.56. The molecular weight excluding hydrogens is 653 g/mol. The molecule has 298 valence electrons. The molecule has 0 saturated heterocycles. The largest absolute Gasteiger partial charge is 0.756 e. The third-order valence-corrected chi connectivity index (χ3v) is 10.1. The second-order valence-electron chi connectivity index (χ2n) is 15.4. The normalized spacial score (nSPS) is 13.6. The van der Waals surface area contributed by atoms with E-state index in [1.165, 1.54) is 122 Å². The number of ether oxygens (including phenoxy) is 2. The molecule has 0 aliphatic carbocycles. The first-order valence-corrected chi connectivity index (χ1v) is 22.2. The molecule has 0 aromatic carbocycles. The van der Waals surface area contributed by atoms with Crippen LogP contribution in [0, 0.1) is 0 Å². The SMILES string of the molecule is CCCCCCCCCCCCCCCCCCCCCCC(=O)O[C@H](COC(=O)CCCCCCCC)COP(=O)([O-])OCC[N+](C)(C)C. The van der Waals surface area contributed by atoms with E-state index in [1.807, 2.05) is 21.1 Å². The van der Waals surface area contributed by atoms with E-state index in [-0.39, 0.29) is 32.0 Å². The summed E-state index contributed by atoms with van der Waals surface area (Å²) in [6, 6.07) is 0. The van der Waals surface area contributed by atoms with Gasteiger partial charge in [-0.2, -0.15) is 0 Å². The van der Waals surface area contributed by atoms with E-state index < -0.39 is 26.5 Å². The van der Waals surface area contributed by atoms with Gasteiger partial charge >= 0.3 is 11.9 Å². The lowest BCUT2D eigenvalue weighted by atomic mass is 10.0. The van der Waals surface area contributed by atoms with Crippen LogP contribution in [-0.4, -0.2) is 70.0 Å². The highest BCUT2D eigenvalue weighted by atomic mass is 31.2. The maximum Gasteiger partial charge on any atom is 0.306 e. The summed E-state index contributed by atoms with van der Waals surface area (Å²) in [5, 5.41) is 0. The summed E-state index contributed by atoms with van der Waals surface area (Å²) in [7, 11) is 1.18. The number of phosphoric acid groups is 1. The summed E-state index contributed by atoms with van der Waals surface area (Å²) < 4.78 is 33.7. The Hall–Kier alpha value is -0.990. The second kappa shape index (κ2) is 33.8. The van der Waals surface area contributed by atoms with Crippen molar-refractivity contribution in [3.8, 4) is 0 Å². The molecule has 0 rings (SSSR count). The first-order chi connectivity index (χ1) is 24.0. The maximum absolute atomic E-state index is 12.6. The predicted octanol–water partition coefficient (Wildman–Crippen LogP) is 10.6. The fourth-order valence-electron chi connectivity index (χ4n) is 5.83. The molecule has 50 heavy (non-hydrogen) atoms. The number of phosphoric ester groups is 1. The van der Waals surface area contributed by atoms with Gasteiger partial charge in [-0.15, -0.1) is 0 Å². The Labute approximate surface area is 308 Å². The third kappa shape index (κ3) is 36.8. The molecular formula is C40H80NO8P. The zero-order valence-corrected chi connectivity index (χ0v) is 34.3. The Bertz CT molecular complexity index is 835. The Morgan fingerprint density at radius 1 is 0.540 bits per heavy atom. The Balaban J connectivity index is 4.16. The van der Waals surface area contributed by atoms with Gasteiger partial charge in [0.2, 0.25) is 0 Å². The van der Waals surface area contributed by atoms with Crippen molar-refractivity contribution in [2.75, 3.05) is 47.5 Å². The van der Waals surface area contributed by atoms with Crippen LogP contribution in [0.25, 0.3) is 0 Å². The van der Waals surface area contributed by atoms with Gasteiger partial charge in [0.05, 0.1) is 27.7 Å². The quantitative estimate of drug-likeness (QED) is 0.0267. The highest BCUT2D eigenvalue weighted by Crippen LogP contribution is 2.38. The van der Waals surface area contributed by atoms with E-state index in [0.29, 0.717) is 17.4 Å². The van der Waals surface area contributed by atoms with E-state index in [1.54, 1.807) is 0 Å².